The molecule has 1 aromatic heterocycles. The molecule has 0 saturated carbocycles. The highest BCUT2D eigenvalue weighted by atomic mass is 16.5. The number of hydrogen-bond donors (Lipinski definition) is 1. The Morgan fingerprint density at radius 3 is 2.15 bits per heavy atom. The molecular weight excluding hydrogens is 514 g/mol. The van der Waals surface area contributed by atoms with Gasteiger partial charge in [0, 0.05) is 12.1 Å². The molecule has 3 aromatic carbocycles. The van der Waals surface area contributed by atoms with E-state index in [1.165, 1.54) is 18.9 Å². The zero-order chi connectivity index (χ0) is 28.5. The largest absolute Gasteiger partial charge is 0.490 e. The Bertz CT molecular complexity index is 1480. The van der Waals surface area contributed by atoms with Crippen molar-refractivity contribution < 1.29 is 33.3 Å². The number of hydrogen-bond acceptors (Lipinski definition) is 8. The maximum Gasteiger partial charge on any atom is 0.357 e. The number of methoxy groups -OCH3 is 2. The molecule has 1 amide bonds. The van der Waals surface area contributed by atoms with E-state index in [9.17, 15) is 14.4 Å². The zero-order valence-electron chi connectivity index (χ0n) is 22.4. The average molecular weight is 544 g/mol. The van der Waals surface area contributed by atoms with Gasteiger partial charge in [0.15, 0.2) is 23.8 Å². The maximum atomic E-state index is 12.9. The van der Waals surface area contributed by atoms with Gasteiger partial charge in [-0.15, -0.1) is 0 Å². The first kappa shape index (κ1) is 27.9. The monoisotopic (exact) mass is 543 g/mol. The smallest absolute Gasteiger partial charge is 0.357 e. The van der Waals surface area contributed by atoms with Gasteiger partial charge in [0.2, 0.25) is 0 Å². The van der Waals surface area contributed by atoms with Crippen LogP contribution in [0.1, 0.15) is 33.3 Å². The number of nitrogens with zero attached hydrogens (tertiary/aromatic N) is 2. The van der Waals surface area contributed by atoms with E-state index in [0.29, 0.717) is 35.9 Å². The summed E-state index contributed by atoms with van der Waals surface area (Å²) in [7, 11) is 2.44. The van der Waals surface area contributed by atoms with Gasteiger partial charge in [-0.2, -0.15) is 5.10 Å². The van der Waals surface area contributed by atoms with Crippen molar-refractivity contribution in [3.05, 3.63) is 95.7 Å². The number of benzene rings is 3. The number of ether oxygens (including phenoxy) is 4. The van der Waals surface area contributed by atoms with Crippen LogP contribution >= 0.6 is 0 Å². The van der Waals surface area contributed by atoms with Crippen molar-refractivity contribution in [1.82, 2.24) is 15.1 Å². The van der Waals surface area contributed by atoms with Crippen LogP contribution in [-0.4, -0.2) is 55.1 Å². The lowest BCUT2D eigenvalue weighted by atomic mass is 10.0. The van der Waals surface area contributed by atoms with E-state index in [2.05, 4.69) is 10.4 Å². The lowest BCUT2D eigenvalue weighted by Crippen LogP contribution is -2.28. The first-order valence-electron chi connectivity index (χ1n) is 12.5. The molecule has 0 aliphatic rings. The molecule has 0 radical (unpaired) electrons. The molecule has 0 bridgehead atoms. The third kappa shape index (κ3) is 6.29. The van der Waals surface area contributed by atoms with Crippen molar-refractivity contribution in [3.63, 3.8) is 0 Å². The molecule has 10 heteroatoms. The quantitative estimate of drug-likeness (QED) is 0.280. The number of carbonyl (C=O) groups excluding carboxylic acids is 3. The summed E-state index contributed by atoms with van der Waals surface area (Å²) in [6.07, 6.45) is 0. The second kappa shape index (κ2) is 13.1. The van der Waals surface area contributed by atoms with Crippen LogP contribution in [0, 0.1) is 0 Å². The normalized spacial score (nSPS) is 10.5. The van der Waals surface area contributed by atoms with Gasteiger partial charge in [0.05, 0.1) is 26.5 Å². The first-order valence-corrected chi connectivity index (χ1v) is 12.5. The van der Waals surface area contributed by atoms with Crippen molar-refractivity contribution in [2.24, 2.45) is 0 Å². The predicted octanol–water partition coefficient (Wildman–Crippen LogP) is 4.21. The maximum absolute atomic E-state index is 12.9. The summed E-state index contributed by atoms with van der Waals surface area (Å²) < 4.78 is 22.9. The molecule has 0 fully saturated rings. The molecule has 206 valence electrons. The summed E-state index contributed by atoms with van der Waals surface area (Å²) in [5, 5.41) is 7.41. The van der Waals surface area contributed by atoms with E-state index in [4.69, 9.17) is 18.9 Å². The second-order valence-corrected chi connectivity index (χ2v) is 8.45. The van der Waals surface area contributed by atoms with Crippen molar-refractivity contribution in [1.29, 1.82) is 0 Å². The van der Waals surface area contributed by atoms with Crippen molar-refractivity contribution >= 4 is 17.8 Å². The molecule has 1 N–H and O–H groups in total. The number of para-hydroxylation sites is 1. The summed E-state index contributed by atoms with van der Waals surface area (Å²) in [6, 6.07) is 23.3. The molecule has 0 aliphatic carbocycles. The van der Waals surface area contributed by atoms with Gasteiger partial charge in [0.1, 0.15) is 11.3 Å². The van der Waals surface area contributed by atoms with E-state index in [-0.39, 0.29) is 29.5 Å². The van der Waals surface area contributed by atoms with Crippen LogP contribution < -0.4 is 14.8 Å². The van der Waals surface area contributed by atoms with Gasteiger partial charge < -0.3 is 24.3 Å². The minimum Gasteiger partial charge on any atom is -0.490 e. The van der Waals surface area contributed by atoms with Crippen LogP contribution in [0.15, 0.2) is 78.9 Å². The lowest BCUT2D eigenvalue weighted by molar-refractivity contribution is -0.123. The van der Waals surface area contributed by atoms with Crippen LogP contribution in [0.4, 0.5) is 0 Å². The average Bonchev–Trinajstić information content (AvgIpc) is 3.40. The SMILES string of the molecule is CCOc1cc(-c2nn(-c3ccccc3)c(C(=O)OC)c2C(=O)OC)ccc1OCC(=O)NCc1ccccc1. The number of nitrogens with one attached hydrogen (secondary N) is 1. The van der Waals surface area contributed by atoms with Crippen molar-refractivity contribution in [3.8, 4) is 28.4 Å². The molecule has 0 unspecified atom stereocenters. The van der Waals surface area contributed by atoms with Gasteiger partial charge in [-0.1, -0.05) is 48.5 Å². The highest BCUT2D eigenvalue weighted by Gasteiger charge is 2.31. The highest BCUT2D eigenvalue weighted by Crippen LogP contribution is 2.35. The van der Waals surface area contributed by atoms with Gasteiger partial charge >= 0.3 is 11.9 Å². The van der Waals surface area contributed by atoms with Crippen molar-refractivity contribution in [2.45, 2.75) is 13.5 Å². The highest BCUT2D eigenvalue weighted by molar-refractivity contribution is 6.07. The third-order valence-electron chi connectivity index (χ3n) is 5.86. The summed E-state index contributed by atoms with van der Waals surface area (Å²) in [5.74, 6) is -1.15. The zero-order valence-corrected chi connectivity index (χ0v) is 22.4. The number of rotatable bonds is 11. The Kier molecular flexibility index (Phi) is 9.14. The fraction of sp³-hybridized carbons (Fsp3) is 0.200. The number of aromatic nitrogens is 2. The Labute approximate surface area is 231 Å². The molecule has 0 spiro atoms. The summed E-state index contributed by atoms with van der Waals surface area (Å²) in [5.41, 5.74) is 2.02. The number of amides is 1. The summed E-state index contributed by atoms with van der Waals surface area (Å²) >= 11 is 0. The molecule has 40 heavy (non-hydrogen) atoms. The number of esters is 2. The number of carbonyl (C=O) groups is 3. The Morgan fingerprint density at radius 1 is 0.825 bits per heavy atom. The van der Waals surface area contributed by atoms with E-state index in [0.717, 1.165) is 5.56 Å². The van der Waals surface area contributed by atoms with Crippen LogP contribution in [0.3, 0.4) is 0 Å². The molecule has 0 saturated heterocycles. The third-order valence-corrected chi connectivity index (χ3v) is 5.86. The Balaban J connectivity index is 1.67. The van der Waals surface area contributed by atoms with Crippen LogP contribution in [-0.2, 0) is 20.8 Å². The van der Waals surface area contributed by atoms with Crippen LogP contribution in [0.5, 0.6) is 11.5 Å². The van der Waals surface area contributed by atoms with Gasteiger partial charge in [-0.25, -0.2) is 14.3 Å². The second-order valence-electron chi connectivity index (χ2n) is 8.45. The molecule has 10 nitrogen and oxygen atoms in total. The molecule has 4 rings (SSSR count). The Morgan fingerprint density at radius 2 is 1.50 bits per heavy atom. The molecular formula is C30H29N3O7. The fourth-order valence-electron chi connectivity index (χ4n) is 3.99. The Hall–Kier alpha value is -5.12. The predicted molar refractivity (Wildman–Crippen MR) is 147 cm³/mol. The molecule has 0 atom stereocenters. The molecule has 4 aromatic rings. The molecule has 1 heterocycles. The van der Waals surface area contributed by atoms with E-state index in [1.54, 1.807) is 42.5 Å². The van der Waals surface area contributed by atoms with E-state index >= 15 is 0 Å². The summed E-state index contributed by atoms with van der Waals surface area (Å²) in [4.78, 5) is 38.1. The van der Waals surface area contributed by atoms with Crippen molar-refractivity contribution in [2.75, 3.05) is 27.4 Å². The fourth-order valence-corrected chi connectivity index (χ4v) is 3.99. The minimum absolute atomic E-state index is 0.0605. The van der Waals surface area contributed by atoms with E-state index in [1.807, 2.05) is 43.3 Å². The topological polar surface area (TPSA) is 118 Å². The van der Waals surface area contributed by atoms with Gasteiger partial charge in [0.25, 0.3) is 5.91 Å². The van der Waals surface area contributed by atoms with Gasteiger partial charge in [-0.05, 0) is 42.8 Å². The molecule has 0 aliphatic heterocycles. The summed E-state index contributed by atoms with van der Waals surface area (Å²) in [6.45, 7) is 2.27. The standard InChI is InChI=1S/C30H29N3O7/c1-4-39-24-17-21(15-16-23(24)40-19-25(34)31-18-20-11-7-5-8-12-20)27-26(29(35)37-2)28(30(36)38-3)33(32-27)22-13-9-6-10-14-22/h5-17H,4,18-19H2,1-3H3,(H,31,34). The van der Waals surface area contributed by atoms with Gasteiger partial charge in [-0.3, -0.25) is 4.79 Å². The van der Waals surface area contributed by atoms with E-state index < -0.39 is 11.9 Å². The van der Waals surface area contributed by atoms with Crippen LogP contribution in [0.25, 0.3) is 16.9 Å². The van der Waals surface area contributed by atoms with Crippen LogP contribution in [0.2, 0.25) is 0 Å². The first-order chi connectivity index (χ1) is 19.5. The minimum atomic E-state index is -0.758. The lowest BCUT2D eigenvalue weighted by Gasteiger charge is -2.13.